The Morgan fingerprint density at radius 3 is 2.56 bits per heavy atom. The summed E-state index contributed by atoms with van der Waals surface area (Å²) in [6.07, 6.45) is 3.06. The third kappa shape index (κ3) is 4.89. The first kappa shape index (κ1) is 19.0. The number of anilines is 2. The molecule has 3 rings (SSSR count). The third-order valence-electron chi connectivity index (χ3n) is 4.20. The van der Waals surface area contributed by atoms with Gasteiger partial charge >= 0.3 is 0 Å². The number of para-hydroxylation sites is 1. The molecule has 0 aliphatic carbocycles. The maximum Gasteiger partial charge on any atom is 0.289 e. The number of carbonyl (C=O) groups excluding carboxylic acids is 1. The molecule has 0 bridgehead atoms. The Balaban J connectivity index is 1.58. The van der Waals surface area contributed by atoms with Crippen molar-refractivity contribution >= 4 is 34.7 Å². The lowest BCUT2D eigenvalue weighted by atomic mass is 10.1. The molecule has 2 aromatic rings. The molecule has 0 atom stereocenters. The average molecular weight is 386 g/mol. The number of thiocarbonyl (C=S) groups is 1. The van der Waals surface area contributed by atoms with Crippen LogP contribution in [0, 0.1) is 13.8 Å². The van der Waals surface area contributed by atoms with E-state index in [0.717, 1.165) is 29.9 Å². The molecule has 1 saturated heterocycles. The molecule has 27 heavy (non-hydrogen) atoms. The van der Waals surface area contributed by atoms with E-state index in [-0.39, 0.29) is 10.8 Å². The summed E-state index contributed by atoms with van der Waals surface area (Å²) >= 11 is 5.26. The largest absolute Gasteiger partial charge is 0.378 e. The highest BCUT2D eigenvalue weighted by molar-refractivity contribution is 7.80. The zero-order valence-corrected chi connectivity index (χ0v) is 16.1. The summed E-state index contributed by atoms with van der Waals surface area (Å²) in [4.78, 5) is 22.9. The van der Waals surface area contributed by atoms with Crippen LogP contribution in [0.3, 0.4) is 0 Å². The van der Waals surface area contributed by atoms with Crippen LogP contribution in [0.15, 0.2) is 30.6 Å². The number of benzene rings is 1. The van der Waals surface area contributed by atoms with Gasteiger partial charge in [-0.25, -0.2) is 4.98 Å². The Bertz CT molecular complexity index is 818. The first-order valence-corrected chi connectivity index (χ1v) is 9.03. The molecule has 1 amide bonds. The van der Waals surface area contributed by atoms with Crippen LogP contribution in [0.25, 0.3) is 0 Å². The molecule has 1 aromatic carbocycles. The Hall–Kier alpha value is -2.78. The molecule has 8 nitrogen and oxygen atoms in total. The van der Waals surface area contributed by atoms with Gasteiger partial charge in [0.1, 0.15) is 5.82 Å². The number of nitrogens with zero attached hydrogens (tertiary/aromatic N) is 3. The van der Waals surface area contributed by atoms with Crippen molar-refractivity contribution in [1.29, 1.82) is 0 Å². The van der Waals surface area contributed by atoms with E-state index in [2.05, 4.69) is 26.1 Å². The fourth-order valence-electron chi connectivity index (χ4n) is 2.74. The predicted molar refractivity (Wildman–Crippen MR) is 108 cm³/mol. The van der Waals surface area contributed by atoms with Crippen LogP contribution in [0.1, 0.15) is 21.6 Å². The summed E-state index contributed by atoms with van der Waals surface area (Å²) in [5.74, 6) is 0.241. The van der Waals surface area contributed by atoms with Gasteiger partial charge in [-0.05, 0) is 37.2 Å². The number of aromatic nitrogens is 2. The van der Waals surface area contributed by atoms with Crippen LogP contribution >= 0.6 is 12.2 Å². The summed E-state index contributed by atoms with van der Waals surface area (Å²) in [5.41, 5.74) is 8.51. The molecule has 0 saturated carbocycles. The topological polar surface area (TPSA) is 91.4 Å². The van der Waals surface area contributed by atoms with E-state index in [1.54, 1.807) is 6.20 Å². The maximum absolute atomic E-state index is 12.4. The van der Waals surface area contributed by atoms with Crippen LogP contribution < -0.4 is 21.1 Å². The summed E-state index contributed by atoms with van der Waals surface area (Å²) in [6.45, 7) is 6.70. The lowest BCUT2D eigenvalue weighted by Crippen LogP contribution is -2.44. The Kier molecular flexibility index (Phi) is 6.15. The second-order valence-corrected chi connectivity index (χ2v) is 6.57. The van der Waals surface area contributed by atoms with Gasteiger partial charge in [0.2, 0.25) is 0 Å². The molecule has 1 fully saturated rings. The molecular formula is C18H22N6O2S. The van der Waals surface area contributed by atoms with Crippen LogP contribution in [0.2, 0.25) is 0 Å². The lowest BCUT2D eigenvalue weighted by molar-refractivity contribution is 0.0938. The van der Waals surface area contributed by atoms with E-state index in [1.165, 1.54) is 6.20 Å². The summed E-state index contributed by atoms with van der Waals surface area (Å²) in [5, 5.41) is 3.39. The minimum absolute atomic E-state index is 0.210. The van der Waals surface area contributed by atoms with Crippen molar-refractivity contribution in [3.8, 4) is 0 Å². The molecule has 3 N–H and O–H groups in total. The van der Waals surface area contributed by atoms with Gasteiger partial charge < -0.3 is 15.0 Å². The number of ether oxygens (including phenoxy) is 1. The number of hydrogen-bond acceptors (Lipinski definition) is 6. The molecule has 9 heteroatoms. The fraction of sp³-hybridized carbons (Fsp3) is 0.333. The van der Waals surface area contributed by atoms with Gasteiger partial charge in [-0.15, -0.1) is 0 Å². The lowest BCUT2D eigenvalue weighted by Gasteiger charge is -2.27. The van der Waals surface area contributed by atoms with Crippen LogP contribution in [-0.2, 0) is 4.74 Å². The van der Waals surface area contributed by atoms with Crippen molar-refractivity contribution in [2.75, 3.05) is 36.5 Å². The van der Waals surface area contributed by atoms with E-state index >= 15 is 0 Å². The molecular weight excluding hydrogens is 364 g/mol. The molecule has 2 heterocycles. The van der Waals surface area contributed by atoms with Gasteiger partial charge in [0.15, 0.2) is 10.8 Å². The predicted octanol–water partition coefficient (Wildman–Crippen LogP) is 1.56. The van der Waals surface area contributed by atoms with E-state index in [9.17, 15) is 4.79 Å². The number of rotatable bonds is 3. The van der Waals surface area contributed by atoms with Gasteiger partial charge in [-0.3, -0.25) is 20.6 Å². The number of morpholine rings is 1. The molecule has 0 radical (unpaired) electrons. The van der Waals surface area contributed by atoms with Gasteiger partial charge in [0.25, 0.3) is 5.91 Å². The second-order valence-electron chi connectivity index (χ2n) is 6.16. The summed E-state index contributed by atoms with van der Waals surface area (Å²) in [6, 6.07) is 5.96. The number of nitrogens with one attached hydrogen (secondary N) is 3. The summed E-state index contributed by atoms with van der Waals surface area (Å²) in [7, 11) is 0. The van der Waals surface area contributed by atoms with Crippen molar-refractivity contribution in [2.45, 2.75) is 13.8 Å². The Morgan fingerprint density at radius 2 is 1.85 bits per heavy atom. The fourth-order valence-corrected chi connectivity index (χ4v) is 2.90. The van der Waals surface area contributed by atoms with Crippen LogP contribution in [0.5, 0.6) is 0 Å². The van der Waals surface area contributed by atoms with Crippen molar-refractivity contribution in [3.05, 3.63) is 47.4 Å². The van der Waals surface area contributed by atoms with E-state index < -0.39 is 5.91 Å². The molecule has 1 aromatic heterocycles. The number of carbonyl (C=O) groups is 1. The summed E-state index contributed by atoms with van der Waals surface area (Å²) < 4.78 is 5.33. The normalized spacial score (nSPS) is 13.8. The SMILES string of the molecule is Cc1cccc(C)c1NC(=S)NNC(=O)c1cncc(N2CCOCC2)n1. The average Bonchev–Trinajstić information content (AvgIpc) is 2.70. The van der Waals surface area contributed by atoms with Crippen LogP contribution in [0.4, 0.5) is 11.5 Å². The molecule has 1 aliphatic heterocycles. The maximum atomic E-state index is 12.4. The van der Waals surface area contributed by atoms with Gasteiger partial charge in [0, 0.05) is 18.8 Å². The molecule has 0 unspecified atom stereocenters. The second kappa shape index (κ2) is 8.74. The van der Waals surface area contributed by atoms with E-state index in [1.807, 2.05) is 36.9 Å². The first-order valence-electron chi connectivity index (χ1n) is 8.63. The minimum Gasteiger partial charge on any atom is -0.378 e. The van der Waals surface area contributed by atoms with Crippen LogP contribution in [-0.4, -0.2) is 47.3 Å². The zero-order chi connectivity index (χ0) is 19.2. The Labute approximate surface area is 163 Å². The quantitative estimate of drug-likeness (QED) is 0.541. The van der Waals surface area contributed by atoms with E-state index in [0.29, 0.717) is 19.0 Å². The number of amides is 1. The highest BCUT2D eigenvalue weighted by Gasteiger charge is 2.15. The highest BCUT2D eigenvalue weighted by Crippen LogP contribution is 2.19. The number of hydrazine groups is 1. The van der Waals surface area contributed by atoms with Gasteiger partial charge in [-0.2, -0.15) is 0 Å². The van der Waals surface area contributed by atoms with Gasteiger partial charge in [-0.1, -0.05) is 18.2 Å². The Morgan fingerprint density at radius 1 is 1.15 bits per heavy atom. The van der Waals surface area contributed by atoms with Crippen molar-refractivity contribution in [1.82, 2.24) is 20.8 Å². The van der Waals surface area contributed by atoms with Gasteiger partial charge in [0.05, 0.1) is 25.6 Å². The van der Waals surface area contributed by atoms with E-state index in [4.69, 9.17) is 17.0 Å². The molecule has 0 spiro atoms. The monoisotopic (exact) mass is 386 g/mol. The first-order chi connectivity index (χ1) is 13.0. The standard InChI is InChI=1S/C18H22N6O2S/c1-12-4-3-5-13(2)16(12)21-18(27)23-22-17(25)14-10-19-11-15(20-14)24-6-8-26-9-7-24/h3-5,10-11H,6-9H2,1-2H3,(H,22,25)(H2,21,23,27). The molecule has 142 valence electrons. The van der Waals surface area contributed by atoms with Crippen molar-refractivity contribution < 1.29 is 9.53 Å². The zero-order valence-electron chi connectivity index (χ0n) is 15.3. The van der Waals surface area contributed by atoms with Crippen molar-refractivity contribution in [2.24, 2.45) is 0 Å². The highest BCUT2D eigenvalue weighted by atomic mass is 32.1. The third-order valence-corrected chi connectivity index (χ3v) is 4.40. The van der Waals surface area contributed by atoms with Crippen molar-refractivity contribution in [3.63, 3.8) is 0 Å². The smallest absolute Gasteiger partial charge is 0.289 e. The molecule has 1 aliphatic rings. The number of hydrogen-bond donors (Lipinski definition) is 3. The number of aryl methyl sites for hydroxylation is 2. The minimum atomic E-state index is -0.414.